The molecule has 0 radical (unpaired) electrons. The normalized spacial score (nSPS) is 18.3. The van der Waals surface area contributed by atoms with Gasteiger partial charge in [0, 0.05) is 56.8 Å². The quantitative estimate of drug-likeness (QED) is 0.613. The zero-order valence-corrected chi connectivity index (χ0v) is 20.1. The van der Waals surface area contributed by atoms with Crippen molar-refractivity contribution >= 4 is 21.8 Å². The molecule has 4 rings (SSSR count). The highest BCUT2D eigenvalue weighted by Gasteiger charge is 2.30. The van der Waals surface area contributed by atoms with Crippen molar-refractivity contribution in [1.82, 2.24) is 14.6 Å². The predicted molar refractivity (Wildman–Crippen MR) is 122 cm³/mol. The number of hydrogen-bond acceptors (Lipinski definition) is 7. The molecule has 0 aliphatic carbocycles. The summed E-state index contributed by atoms with van der Waals surface area (Å²) in [6, 6.07) is 7.58. The summed E-state index contributed by atoms with van der Waals surface area (Å²) in [6.45, 7) is 1.61. The molecule has 0 saturated carbocycles. The molecule has 2 saturated heterocycles. The number of ether oxygens (including phenoxy) is 1. The number of hydrogen-bond donors (Lipinski definition) is 1. The third-order valence-electron chi connectivity index (χ3n) is 6.38. The van der Waals surface area contributed by atoms with E-state index in [9.17, 15) is 31.5 Å². The van der Waals surface area contributed by atoms with Crippen molar-refractivity contribution in [2.45, 2.75) is 48.9 Å². The Morgan fingerprint density at radius 2 is 1.64 bits per heavy atom. The number of likely N-dealkylation sites (tertiary alicyclic amines) is 1. The van der Waals surface area contributed by atoms with Crippen LogP contribution in [-0.4, -0.2) is 62.7 Å². The van der Waals surface area contributed by atoms with E-state index in [0.29, 0.717) is 44.5 Å². The number of anilines is 1. The van der Waals surface area contributed by atoms with E-state index in [2.05, 4.69) is 9.71 Å². The van der Waals surface area contributed by atoms with Gasteiger partial charge in [-0.1, -0.05) is 0 Å². The Morgan fingerprint density at radius 1 is 1.00 bits per heavy atom. The van der Waals surface area contributed by atoms with Crippen LogP contribution in [0.15, 0.2) is 47.5 Å². The number of benzene rings is 1. The lowest BCUT2D eigenvalue weighted by Crippen LogP contribution is -2.50. The monoisotopic (exact) mass is 527 g/mol. The van der Waals surface area contributed by atoms with Gasteiger partial charge in [0.25, 0.3) is 0 Å². The molecule has 0 spiro atoms. The molecule has 2 fully saturated rings. The van der Waals surface area contributed by atoms with E-state index in [1.807, 2.05) is 4.90 Å². The van der Waals surface area contributed by atoms with Crippen LogP contribution in [-0.2, 0) is 16.2 Å². The Kier molecular flexibility index (Phi) is 7.59. The summed E-state index contributed by atoms with van der Waals surface area (Å²) in [5.74, 6) is 0.282. The van der Waals surface area contributed by atoms with Gasteiger partial charge in [-0.05, 0) is 43.2 Å². The summed E-state index contributed by atoms with van der Waals surface area (Å²) in [7, 11) is -3.82. The standard InChI is InChI=1S/C23H27F3N4O5S/c24-23(25,26)16-1-3-18(4-2-16)29-13-9-19(10-14-29)35-21-6-5-20(15-27-21)36(33,34)28-17-7-11-30(12-8-17)22(31)32/h1-6,15,17,19,28H,7-14H2,(H,31,32)/p-1. The fourth-order valence-corrected chi connectivity index (χ4v) is 5.58. The number of aromatic nitrogens is 1. The van der Waals surface area contributed by atoms with Gasteiger partial charge in [0.1, 0.15) is 17.1 Å². The number of amides is 1. The minimum atomic E-state index is -4.37. The van der Waals surface area contributed by atoms with Gasteiger partial charge in [-0.3, -0.25) is 0 Å². The molecule has 3 heterocycles. The number of pyridine rings is 1. The van der Waals surface area contributed by atoms with Gasteiger partial charge in [0.05, 0.1) is 11.8 Å². The molecule has 2 aliphatic heterocycles. The summed E-state index contributed by atoms with van der Waals surface area (Å²) >= 11 is 0. The van der Waals surface area contributed by atoms with Crippen LogP contribution in [0.4, 0.5) is 23.7 Å². The first kappa shape index (κ1) is 26.0. The molecule has 196 valence electrons. The molecule has 0 atom stereocenters. The number of nitrogens with one attached hydrogen (secondary N) is 1. The van der Waals surface area contributed by atoms with Gasteiger partial charge in [-0.25, -0.2) is 18.1 Å². The van der Waals surface area contributed by atoms with Crippen LogP contribution >= 0.6 is 0 Å². The molecule has 0 bridgehead atoms. The average Bonchev–Trinajstić information content (AvgIpc) is 2.84. The number of nitrogens with zero attached hydrogens (tertiary/aromatic N) is 3. The van der Waals surface area contributed by atoms with Gasteiger partial charge in [0.2, 0.25) is 15.9 Å². The van der Waals surface area contributed by atoms with Crippen LogP contribution in [0.25, 0.3) is 0 Å². The summed E-state index contributed by atoms with van der Waals surface area (Å²) in [5, 5.41) is 10.9. The predicted octanol–water partition coefficient (Wildman–Crippen LogP) is 2.23. The van der Waals surface area contributed by atoms with Crippen molar-refractivity contribution in [1.29, 1.82) is 0 Å². The minimum Gasteiger partial charge on any atom is -0.530 e. The maximum absolute atomic E-state index is 12.8. The van der Waals surface area contributed by atoms with E-state index in [1.165, 1.54) is 30.5 Å². The van der Waals surface area contributed by atoms with Crippen molar-refractivity contribution in [3.8, 4) is 5.88 Å². The number of alkyl halides is 3. The lowest BCUT2D eigenvalue weighted by atomic mass is 10.1. The van der Waals surface area contributed by atoms with Crippen LogP contribution in [0.5, 0.6) is 5.88 Å². The smallest absolute Gasteiger partial charge is 0.416 e. The molecule has 1 amide bonds. The first-order valence-electron chi connectivity index (χ1n) is 11.5. The largest absolute Gasteiger partial charge is 0.530 e. The van der Waals surface area contributed by atoms with E-state index < -0.39 is 27.9 Å². The highest BCUT2D eigenvalue weighted by Crippen LogP contribution is 2.31. The van der Waals surface area contributed by atoms with Crippen molar-refractivity contribution in [3.63, 3.8) is 0 Å². The SMILES string of the molecule is O=C([O-])N1CCC(NS(=O)(=O)c2ccc(OC3CCN(c4ccc(C(F)(F)F)cc4)CC3)nc2)CC1. The maximum Gasteiger partial charge on any atom is 0.416 e. The lowest BCUT2D eigenvalue weighted by Gasteiger charge is -2.34. The zero-order chi connectivity index (χ0) is 25.9. The highest BCUT2D eigenvalue weighted by molar-refractivity contribution is 7.89. The summed E-state index contributed by atoms with van der Waals surface area (Å²) in [5.41, 5.74) is 0.0317. The third-order valence-corrected chi connectivity index (χ3v) is 7.89. The number of piperidine rings is 2. The van der Waals surface area contributed by atoms with Crippen LogP contribution < -0.4 is 19.5 Å². The Labute approximate surface area is 206 Å². The van der Waals surface area contributed by atoms with Crippen molar-refractivity contribution in [2.75, 3.05) is 31.1 Å². The first-order valence-corrected chi connectivity index (χ1v) is 13.0. The average molecular weight is 528 g/mol. The second kappa shape index (κ2) is 10.5. The number of carbonyl (C=O) groups excluding carboxylic acids is 1. The molecule has 2 aliphatic rings. The molecular formula is C23H26F3N4O5S-. The lowest BCUT2D eigenvalue weighted by molar-refractivity contribution is -0.266. The van der Waals surface area contributed by atoms with Crippen LogP contribution in [0.2, 0.25) is 0 Å². The van der Waals surface area contributed by atoms with Gasteiger partial charge in [-0.15, -0.1) is 0 Å². The highest BCUT2D eigenvalue weighted by atomic mass is 32.2. The van der Waals surface area contributed by atoms with Gasteiger partial charge in [-0.2, -0.15) is 13.2 Å². The van der Waals surface area contributed by atoms with E-state index >= 15 is 0 Å². The van der Waals surface area contributed by atoms with Gasteiger partial charge >= 0.3 is 6.18 Å². The number of halogens is 3. The molecule has 36 heavy (non-hydrogen) atoms. The molecular weight excluding hydrogens is 501 g/mol. The van der Waals surface area contributed by atoms with E-state index in [0.717, 1.165) is 17.0 Å². The van der Waals surface area contributed by atoms with Crippen molar-refractivity contribution < 1.29 is 36.2 Å². The first-order chi connectivity index (χ1) is 17.0. The van der Waals surface area contributed by atoms with E-state index in [1.54, 1.807) is 0 Å². The molecule has 1 aromatic heterocycles. The summed E-state index contributed by atoms with van der Waals surface area (Å²) in [6.07, 6.45) is -2.59. The topological polar surface area (TPSA) is 115 Å². The van der Waals surface area contributed by atoms with Crippen LogP contribution in [0.3, 0.4) is 0 Å². The fraction of sp³-hybridized carbons (Fsp3) is 0.478. The Morgan fingerprint density at radius 3 is 2.17 bits per heavy atom. The second-order valence-electron chi connectivity index (χ2n) is 8.83. The van der Waals surface area contributed by atoms with Crippen LogP contribution in [0.1, 0.15) is 31.2 Å². The molecule has 9 nitrogen and oxygen atoms in total. The fourth-order valence-electron chi connectivity index (χ4n) is 4.33. The minimum absolute atomic E-state index is 0.0192. The van der Waals surface area contributed by atoms with Crippen molar-refractivity contribution in [2.24, 2.45) is 0 Å². The number of rotatable bonds is 6. The Bertz CT molecular complexity index is 1140. The van der Waals surface area contributed by atoms with E-state index in [-0.39, 0.29) is 36.0 Å². The Balaban J connectivity index is 1.27. The molecule has 1 N–H and O–H groups in total. The van der Waals surface area contributed by atoms with Gasteiger partial charge < -0.3 is 24.4 Å². The molecule has 0 unspecified atom stereocenters. The molecule has 13 heteroatoms. The molecule has 2 aromatic rings. The number of carboxylic acid groups (broad SMARTS) is 1. The molecule has 1 aromatic carbocycles. The third kappa shape index (κ3) is 6.38. The van der Waals surface area contributed by atoms with Gasteiger partial charge in [0.15, 0.2) is 0 Å². The Hall–Kier alpha value is -3.06. The van der Waals surface area contributed by atoms with Crippen molar-refractivity contribution in [3.05, 3.63) is 48.2 Å². The zero-order valence-electron chi connectivity index (χ0n) is 19.3. The second-order valence-corrected chi connectivity index (χ2v) is 10.5. The number of sulfonamides is 1. The van der Waals surface area contributed by atoms with Crippen LogP contribution in [0, 0.1) is 0 Å². The number of carbonyl (C=O) groups is 1. The summed E-state index contributed by atoms with van der Waals surface area (Å²) < 4.78 is 72.1. The van der Waals surface area contributed by atoms with E-state index in [4.69, 9.17) is 4.74 Å². The maximum atomic E-state index is 12.8. The summed E-state index contributed by atoms with van der Waals surface area (Å²) in [4.78, 5) is 18.1.